The number of ketones is 1. The molecule has 104 valence electrons. The molecule has 2 heteroatoms. The van der Waals surface area contributed by atoms with E-state index in [-0.39, 0.29) is 5.78 Å². The first kappa shape index (κ1) is 14.4. The van der Waals surface area contributed by atoms with Gasteiger partial charge in [0.25, 0.3) is 0 Å². The first-order valence-electron chi connectivity index (χ1n) is 6.95. The summed E-state index contributed by atoms with van der Waals surface area (Å²) in [5.41, 5.74) is 6.55. The van der Waals surface area contributed by atoms with Crippen LogP contribution in [-0.2, 0) is 6.54 Å². The van der Waals surface area contributed by atoms with Gasteiger partial charge in [0, 0.05) is 16.7 Å². The number of nitrogens with zero attached hydrogens (tertiary/aromatic N) is 1. The lowest BCUT2D eigenvalue weighted by Gasteiger charge is -2.09. The minimum Gasteiger partial charge on any atom is -0.287 e. The zero-order valence-corrected chi connectivity index (χ0v) is 12.9. The Morgan fingerprint density at radius 2 is 1.35 bits per heavy atom. The highest BCUT2D eigenvalue weighted by atomic mass is 16.1. The topological polar surface area (TPSA) is 20.9 Å². The zero-order chi connectivity index (χ0) is 14.9. The third-order valence-electron chi connectivity index (χ3n) is 3.48. The van der Waals surface area contributed by atoms with Gasteiger partial charge in [0.05, 0.1) is 0 Å². The fourth-order valence-electron chi connectivity index (χ4n) is 2.95. The van der Waals surface area contributed by atoms with E-state index in [1.807, 2.05) is 30.8 Å². The number of aromatic nitrogens is 1. The third kappa shape index (κ3) is 3.13. The summed E-state index contributed by atoms with van der Waals surface area (Å²) in [4.78, 5) is 12.6. The van der Waals surface area contributed by atoms with Crippen LogP contribution in [0.4, 0.5) is 0 Å². The molecule has 20 heavy (non-hydrogen) atoms. The number of pyridine rings is 1. The van der Waals surface area contributed by atoms with E-state index in [2.05, 4.69) is 39.0 Å². The molecule has 0 spiro atoms. The summed E-state index contributed by atoms with van der Waals surface area (Å²) in [6.07, 6.45) is 4.04. The predicted octanol–water partition coefficient (Wildman–Crippen LogP) is 3.40. The van der Waals surface area contributed by atoms with E-state index in [0.717, 1.165) is 16.7 Å². The minimum atomic E-state index is 0.176. The summed E-state index contributed by atoms with van der Waals surface area (Å²) < 4.78 is 1.98. The molecule has 0 saturated heterocycles. The SMILES string of the molecule is Cc1cc(C)c(C(=O)C[n+]2cc(C)cc(C)c2)c(C)c1. The summed E-state index contributed by atoms with van der Waals surface area (Å²) in [5, 5.41) is 0. The van der Waals surface area contributed by atoms with Crippen molar-refractivity contribution >= 4 is 5.78 Å². The van der Waals surface area contributed by atoms with Crippen LogP contribution >= 0.6 is 0 Å². The molecule has 0 unspecified atom stereocenters. The van der Waals surface area contributed by atoms with Crippen LogP contribution < -0.4 is 4.57 Å². The van der Waals surface area contributed by atoms with Gasteiger partial charge < -0.3 is 0 Å². The van der Waals surface area contributed by atoms with Crippen LogP contribution in [-0.4, -0.2) is 5.78 Å². The number of carbonyl (C=O) groups excluding carboxylic acids is 1. The second kappa shape index (κ2) is 5.58. The number of carbonyl (C=O) groups is 1. The van der Waals surface area contributed by atoms with Gasteiger partial charge in [0.2, 0.25) is 12.3 Å². The van der Waals surface area contributed by atoms with Crippen molar-refractivity contribution < 1.29 is 9.36 Å². The number of aryl methyl sites for hydroxylation is 5. The van der Waals surface area contributed by atoms with Crippen molar-refractivity contribution in [2.45, 2.75) is 41.2 Å². The van der Waals surface area contributed by atoms with E-state index in [1.54, 1.807) is 0 Å². The van der Waals surface area contributed by atoms with Gasteiger partial charge in [0.1, 0.15) is 0 Å². The van der Waals surface area contributed by atoms with E-state index in [4.69, 9.17) is 0 Å². The predicted molar refractivity (Wildman–Crippen MR) is 81.1 cm³/mol. The van der Waals surface area contributed by atoms with Crippen molar-refractivity contribution in [3.8, 4) is 0 Å². The molecule has 0 radical (unpaired) electrons. The lowest BCUT2D eigenvalue weighted by Crippen LogP contribution is -2.38. The average Bonchev–Trinajstić information content (AvgIpc) is 2.25. The Balaban J connectivity index is 2.33. The monoisotopic (exact) mass is 268 g/mol. The molecule has 1 aromatic heterocycles. The molecule has 0 amide bonds. The Bertz CT molecular complexity index is 628. The maximum Gasteiger partial charge on any atom is 0.228 e. The van der Waals surface area contributed by atoms with E-state index in [1.165, 1.54) is 16.7 Å². The van der Waals surface area contributed by atoms with Crippen LogP contribution in [0.5, 0.6) is 0 Å². The minimum absolute atomic E-state index is 0.176. The lowest BCUT2D eigenvalue weighted by molar-refractivity contribution is -0.683. The Morgan fingerprint density at radius 1 is 0.850 bits per heavy atom. The Labute approximate surface area is 121 Å². The molecule has 1 heterocycles. The Morgan fingerprint density at radius 3 is 1.85 bits per heavy atom. The maximum absolute atomic E-state index is 12.6. The van der Waals surface area contributed by atoms with Crippen molar-refractivity contribution in [1.29, 1.82) is 0 Å². The van der Waals surface area contributed by atoms with Crippen LogP contribution in [0.3, 0.4) is 0 Å². The van der Waals surface area contributed by atoms with Gasteiger partial charge in [-0.2, -0.15) is 4.57 Å². The first-order chi connectivity index (χ1) is 9.36. The molecule has 2 rings (SSSR count). The molecule has 0 aliphatic carbocycles. The summed E-state index contributed by atoms with van der Waals surface area (Å²) >= 11 is 0. The van der Waals surface area contributed by atoms with Gasteiger partial charge in [-0.15, -0.1) is 0 Å². The number of rotatable bonds is 3. The van der Waals surface area contributed by atoms with Crippen molar-refractivity contribution in [2.24, 2.45) is 0 Å². The highest BCUT2D eigenvalue weighted by molar-refractivity contribution is 5.98. The standard InChI is InChI=1S/C18H22NO/c1-12-7-15(4)18(16(5)8-12)17(20)11-19-9-13(2)6-14(3)10-19/h6-10H,11H2,1-5H3/q+1. The molecule has 0 saturated carbocycles. The number of hydrogen-bond acceptors (Lipinski definition) is 1. The number of Topliss-reactive ketones (excluding diaryl/α,β-unsaturated/α-hetero) is 1. The molecule has 1 aromatic carbocycles. The fourth-order valence-corrected chi connectivity index (χ4v) is 2.95. The van der Waals surface area contributed by atoms with E-state index in [0.29, 0.717) is 6.54 Å². The molecule has 0 N–H and O–H groups in total. The highest BCUT2D eigenvalue weighted by Crippen LogP contribution is 2.17. The Hall–Kier alpha value is -1.96. The zero-order valence-electron chi connectivity index (χ0n) is 12.9. The van der Waals surface area contributed by atoms with Gasteiger partial charge in [-0.1, -0.05) is 17.7 Å². The average molecular weight is 268 g/mol. The fraction of sp³-hybridized carbons (Fsp3) is 0.333. The molecular weight excluding hydrogens is 246 g/mol. The summed E-state index contributed by atoms with van der Waals surface area (Å²) in [5.74, 6) is 0.176. The van der Waals surface area contributed by atoms with Crippen LogP contribution in [0.1, 0.15) is 38.2 Å². The van der Waals surface area contributed by atoms with Crippen LogP contribution in [0.2, 0.25) is 0 Å². The Kier molecular flexibility index (Phi) is 4.03. The van der Waals surface area contributed by atoms with E-state index >= 15 is 0 Å². The molecule has 2 aromatic rings. The first-order valence-corrected chi connectivity index (χ1v) is 6.95. The molecule has 0 atom stereocenters. The summed E-state index contributed by atoms with van der Waals surface area (Å²) in [6, 6.07) is 6.27. The second-order valence-corrected chi connectivity index (χ2v) is 5.76. The third-order valence-corrected chi connectivity index (χ3v) is 3.48. The number of hydrogen-bond donors (Lipinski definition) is 0. The highest BCUT2D eigenvalue weighted by Gasteiger charge is 2.17. The molecule has 0 fully saturated rings. The molecular formula is C18H22NO+. The normalized spacial score (nSPS) is 10.7. The van der Waals surface area contributed by atoms with Gasteiger partial charge in [-0.25, -0.2) is 0 Å². The quantitative estimate of drug-likeness (QED) is 0.617. The van der Waals surface area contributed by atoms with E-state index < -0.39 is 0 Å². The second-order valence-electron chi connectivity index (χ2n) is 5.76. The molecule has 0 aliphatic heterocycles. The van der Waals surface area contributed by atoms with Crippen LogP contribution in [0, 0.1) is 34.6 Å². The maximum atomic E-state index is 12.6. The van der Waals surface area contributed by atoms with Gasteiger partial charge >= 0.3 is 0 Å². The van der Waals surface area contributed by atoms with Crippen molar-refractivity contribution in [3.63, 3.8) is 0 Å². The van der Waals surface area contributed by atoms with Crippen molar-refractivity contribution in [1.82, 2.24) is 0 Å². The van der Waals surface area contributed by atoms with Gasteiger partial charge in [0.15, 0.2) is 12.4 Å². The molecule has 0 bridgehead atoms. The molecule has 2 nitrogen and oxygen atoms in total. The molecule has 0 aliphatic rings. The summed E-state index contributed by atoms with van der Waals surface area (Å²) in [6.45, 7) is 10.6. The van der Waals surface area contributed by atoms with Gasteiger partial charge in [-0.05, 0) is 51.8 Å². The van der Waals surface area contributed by atoms with Crippen LogP contribution in [0.25, 0.3) is 0 Å². The summed E-state index contributed by atoms with van der Waals surface area (Å²) in [7, 11) is 0. The number of benzene rings is 1. The lowest BCUT2D eigenvalue weighted by atomic mass is 9.96. The van der Waals surface area contributed by atoms with E-state index in [9.17, 15) is 4.79 Å². The van der Waals surface area contributed by atoms with Crippen molar-refractivity contribution in [2.75, 3.05) is 0 Å². The smallest absolute Gasteiger partial charge is 0.228 e. The van der Waals surface area contributed by atoms with Crippen LogP contribution in [0.15, 0.2) is 30.6 Å². The van der Waals surface area contributed by atoms with Gasteiger partial charge in [-0.3, -0.25) is 4.79 Å². The van der Waals surface area contributed by atoms with Crippen molar-refractivity contribution in [3.05, 3.63) is 64.0 Å². The largest absolute Gasteiger partial charge is 0.287 e.